The predicted octanol–water partition coefficient (Wildman–Crippen LogP) is 4.58. The van der Waals surface area contributed by atoms with Crippen molar-refractivity contribution in [3.63, 3.8) is 0 Å². The largest absolute Gasteiger partial charge is 0.353 e. The van der Waals surface area contributed by atoms with E-state index in [1.165, 1.54) is 18.2 Å². The number of hydrogen-bond acceptors (Lipinski definition) is 1. The van der Waals surface area contributed by atoms with E-state index in [0.717, 1.165) is 31.4 Å². The first-order valence-corrected chi connectivity index (χ1v) is 8.33. The van der Waals surface area contributed by atoms with Crippen LogP contribution in [0.15, 0.2) is 36.5 Å². The molecule has 1 aromatic carbocycles. The van der Waals surface area contributed by atoms with Crippen molar-refractivity contribution in [2.24, 2.45) is 7.05 Å². The van der Waals surface area contributed by atoms with Crippen LogP contribution in [0.1, 0.15) is 47.8 Å². The first kappa shape index (κ1) is 16.1. The van der Waals surface area contributed by atoms with Gasteiger partial charge in [-0.15, -0.1) is 0 Å². The number of hydrogen-bond donors (Lipinski definition) is 0. The highest BCUT2D eigenvalue weighted by Crippen LogP contribution is 2.32. The van der Waals surface area contributed by atoms with Crippen LogP contribution in [0.25, 0.3) is 0 Å². The number of benzene rings is 1. The van der Waals surface area contributed by atoms with Crippen molar-refractivity contribution in [1.82, 2.24) is 9.47 Å². The molecule has 3 nitrogen and oxygen atoms in total. The zero-order valence-corrected chi connectivity index (χ0v) is 13.9. The Bertz CT molecular complexity index is 713. The van der Waals surface area contributed by atoms with Crippen molar-refractivity contribution >= 4 is 17.5 Å². The number of nitrogens with zero attached hydrogens (tertiary/aromatic N) is 2. The minimum atomic E-state index is -0.519. The molecule has 0 unspecified atom stereocenters. The minimum Gasteiger partial charge on any atom is -0.353 e. The Morgan fingerprint density at radius 3 is 2.83 bits per heavy atom. The fourth-order valence-corrected chi connectivity index (χ4v) is 3.47. The Hall–Kier alpha value is -1.81. The van der Waals surface area contributed by atoms with Crippen LogP contribution in [-0.2, 0) is 7.05 Å². The SMILES string of the molecule is Cn1cccc1[C@@H]1CCCCCN1C(=O)c1cc(Cl)ccc1F. The molecule has 0 spiro atoms. The number of aryl methyl sites for hydroxylation is 1. The Morgan fingerprint density at radius 1 is 1.26 bits per heavy atom. The Kier molecular flexibility index (Phi) is 4.71. The molecule has 1 aromatic heterocycles. The number of halogens is 2. The molecule has 2 aromatic rings. The quantitative estimate of drug-likeness (QED) is 0.789. The van der Waals surface area contributed by atoms with E-state index in [1.54, 1.807) is 4.90 Å². The summed E-state index contributed by atoms with van der Waals surface area (Å²) >= 11 is 5.95. The van der Waals surface area contributed by atoms with Crippen LogP contribution in [-0.4, -0.2) is 21.9 Å². The predicted molar refractivity (Wildman–Crippen MR) is 89.1 cm³/mol. The molecule has 122 valence electrons. The smallest absolute Gasteiger partial charge is 0.257 e. The molecule has 0 N–H and O–H groups in total. The van der Waals surface area contributed by atoms with Gasteiger partial charge in [-0.05, 0) is 43.2 Å². The topological polar surface area (TPSA) is 25.2 Å². The van der Waals surface area contributed by atoms with E-state index in [4.69, 9.17) is 11.6 Å². The number of carbonyl (C=O) groups excluding carboxylic acids is 1. The first-order chi connectivity index (χ1) is 11.1. The maximum atomic E-state index is 14.1. The van der Waals surface area contributed by atoms with Crippen molar-refractivity contribution in [2.75, 3.05) is 6.54 Å². The number of rotatable bonds is 2. The van der Waals surface area contributed by atoms with Crippen molar-refractivity contribution in [2.45, 2.75) is 31.7 Å². The average molecular weight is 335 g/mol. The van der Waals surface area contributed by atoms with Crippen molar-refractivity contribution < 1.29 is 9.18 Å². The van der Waals surface area contributed by atoms with E-state index < -0.39 is 5.82 Å². The van der Waals surface area contributed by atoms with Crippen molar-refractivity contribution in [1.29, 1.82) is 0 Å². The highest BCUT2D eigenvalue weighted by molar-refractivity contribution is 6.31. The molecule has 2 heterocycles. The Balaban J connectivity index is 1.98. The average Bonchev–Trinajstić information content (AvgIpc) is 2.82. The zero-order valence-electron chi connectivity index (χ0n) is 13.1. The molecule has 5 heteroatoms. The third-order valence-electron chi connectivity index (χ3n) is 4.50. The number of likely N-dealkylation sites (tertiary alicyclic amines) is 1. The van der Waals surface area contributed by atoms with Gasteiger partial charge in [0.2, 0.25) is 0 Å². The van der Waals surface area contributed by atoms with Gasteiger partial charge in [0.05, 0.1) is 11.6 Å². The summed E-state index contributed by atoms with van der Waals surface area (Å²) in [5.74, 6) is -0.799. The maximum absolute atomic E-state index is 14.1. The van der Waals surface area contributed by atoms with Gasteiger partial charge in [-0.3, -0.25) is 4.79 Å². The lowest BCUT2D eigenvalue weighted by Crippen LogP contribution is -2.36. The molecule has 0 radical (unpaired) electrons. The fourth-order valence-electron chi connectivity index (χ4n) is 3.30. The summed E-state index contributed by atoms with van der Waals surface area (Å²) in [4.78, 5) is 14.8. The summed E-state index contributed by atoms with van der Waals surface area (Å²) in [6.07, 6.45) is 5.96. The van der Waals surface area contributed by atoms with Crippen molar-refractivity contribution in [3.8, 4) is 0 Å². The highest BCUT2D eigenvalue weighted by atomic mass is 35.5. The second kappa shape index (κ2) is 6.75. The lowest BCUT2D eigenvalue weighted by atomic mass is 10.1. The number of carbonyl (C=O) groups is 1. The standard InChI is InChI=1S/C18H20ClFN2O/c1-21-10-5-7-16(21)17-6-3-2-4-11-22(17)18(23)14-12-13(19)8-9-15(14)20/h5,7-10,12,17H,2-4,6,11H2,1H3/t17-/m0/s1. The molecule has 1 fully saturated rings. The van der Waals surface area contributed by atoms with Crippen LogP contribution < -0.4 is 0 Å². The molecular formula is C18H20ClFN2O. The van der Waals surface area contributed by atoms with E-state index in [9.17, 15) is 9.18 Å². The minimum absolute atomic E-state index is 0.0246. The summed E-state index contributed by atoms with van der Waals surface area (Å²) in [6, 6.07) is 8.12. The molecule has 1 saturated heterocycles. The van der Waals surface area contributed by atoms with Crippen molar-refractivity contribution in [3.05, 3.63) is 58.6 Å². The van der Waals surface area contributed by atoms with Crippen LogP contribution in [0, 0.1) is 5.82 Å². The van der Waals surface area contributed by atoms with Crippen LogP contribution in [0.4, 0.5) is 4.39 Å². The second-order valence-electron chi connectivity index (χ2n) is 6.03. The summed E-state index contributed by atoms with van der Waals surface area (Å²) in [7, 11) is 1.98. The van der Waals surface area contributed by atoms with Crippen LogP contribution in [0.5, 0.6) is 0 Å². The van der Waals surface area contributed by atoms with E-state index in [-0.39, 0.29) is 17.5 Å². The molecule has 0 saturated carbocycles. The van der Waals surface area contributed by atoms with E-state index in [0.29, 0.717) is 11.6 Å². The number of amides is 1. The Morgan fingerprint density at radius 2 is 2.09 bits per heavy atom. The molecule has 23 heavy (non-hydrogen) atoms. The van der Waals surface area contributed by atoms with Gasteiger partial charge in [0, 0.05) is 30.5 Å². The monoisotopic (exact) mass is 334 g/mol. The van der Waals surface area contributed by atoms with E-state index >= 15 is 0 Å². The normalized spacial score (nSPS) is 18.7. The molecule has 0 aliphatic carbocycles. The molecule has 0 bridgehead atoms. The molecular weight excluding hydrogens is 315 g/mol. The number of aromatic nitrogens is 1. The maximum Gasteiger partial charge on any atom is 0.257 e. The van der Waals surface area contributed by atoms with E-state index in [1.807, 2.05) is 29.9 Å². The fraction of sp³-hybridized carbons (Fsp3) is 0.389. The summed E-state index contributed by atoms with van der Waals surface area (Å²) in [5.41, 5.74) is 1.14. The van der Waals surface area contributed by atoms with Gasteiger partial charge in [0.15, 0.2) is 0 Å². The van der Waals surface area contributed by atoms with E-state index in [2.05, 4.69) is 0 Å². The third-order valence-corrected chi connectivity index (χ3v) is 4.73. The van der Waals surface area contributed by atoms with Gasteiger partial charge in [-0.25, -0.2) is 4.39 Å². The molecule has 3 rings (SSSR count). The van der Waals surface area contributed by atoms with Gasteiger partial charge >= 0.3 is 0 Å². The van der Waals surface area contributed by atoms with Gasteiger partial charge in [0.25, 0.3) is 5.91 Å². The molecule has 1 aliphatic rings. The van der Waals surface area contributed by atoms with Gasteiger partial charge in [0.1, 0.15) is 5.82 Å². The molecule has 1 atom stereocenters. The highest BCUT2D eigenvalue weighted by Gasteiger charge is 2.30. The van der Waals surface area contributed by atoms with Crippen LogP contribution >= 0.6 is 11.6 Å². The lowest BCUT2D eigenvalue weighted by Gasteiger charge is -2.31. The summed E-state index contributed by atoms with van der Waals surface area (Å²) in [5, 5.41) is 0.375. The first-order valence-electron chi connectivity index (χ1n) is 7.95. The van der Waals surface area contributed by atoms with Gasteiger partial charge < -0.3 is 9.47 Å². The summed E-state index contributed by atoms with van der Waals surface area (Å²) in [6.45, 7) is 0.640. The molecule has 1 amide bonds. The van der Waals surface area contributed by atoms with Gasteiger partial charge in [-0.1, -0.05) is 24.4 Å². The summed E-state index contributed by atoms with van der Waals surface area (Å²) < 4.78 is 16.1. The van der Waals surface area contributed by atoms with Crippen LogP contribution in [0.3, 0.4) is 0 Å². The second-order valence-corrected chi connectivity index (χ2v) is 6.47. The Labute approximate surface area is 140 Å². The molecule has 1 aliphatic heterocycles. The zero-order chi connectivity index (χ0) is 16.4. The van der Waals surface area contributed by atoms with Crippen LogP contribution in [0.2, 0.25) is 5.02 Å². The third kappa shape index (κ3) is 3.27. The van der Waals surface area contributed by atoms with Gasteiger partial charge in [-0.2, -0.15) is 0 Å². The lowest BCUT2D eigenvalue weighted by molar-refractivity contribution is 0.0669.